The second-order valence-electron chi connectivity index (χ2n) is 4.88. The largest absolute Gasteiger partial charge is 0.497 e. The Kier molecular flexibility index (Phi) is 6.35. The van der Waals surface area contributed by atoms with Gasteiger partial charge < -0.3 is 15.4 Å². The first-order valence-corrected chi connectivity index (χ1v) is 7.39. The summed E-state index contributed by atoms with van der Waals surface area (Å²) in [6.07, 6.45) is 2.42. The highest BCUT2D eigenvalue weighted by molar-refractivity contribution is 5.79. The van der Waals surface area contributed by atoms with Crippen molar-refractivity contribution in [1.82, 2.24) is 15.6 Å². The summed E-state index contributed by atoms with van der Waals surface area (Å²) in [5.41, 5.74) is 1.56. The molecule has 0 aliphatic heterocycles. The van der Waals surface area contributed by atoms with Crippen LogP contribution in [0.25, 0.3) is 0 Å². The number of guanidine groups is 1. The van der Waals surface area contributed by atoms with Gasteiger partial charge in [-0.1, -0.05) is 12.1 Å². The van der Waals surface area contributed by atoms with Crippen LogP contribution in [0.5, 0.6) is 5.75 Å². The predicted octanol–water partition coefficient (Wildman–Crippen LogP) is 2.14. The second-order valence-corrected chi connectivity index (χ2v) is 4.88. The van der Waals surface area contributed by atoms with Crippen LogP contribution in [0, 0.1) is 5.82 Å². The van der Waals surface area contributed by atoms with Gasteiger partial charge >= 0.3 is 0 Å². The van der Waals surface area contributed by atoms with Crippen LogP contribution in [0.3, 0.4) is 0 Å². The Balaban J connectivity index is 1.77. The maximum absolute atomic E-state index is 13.5. The lowest BCUT2D eigenvalue weighted by atomic mass is 10.1. The summed E-state index contributed by atoms with van der Waals surface area (Å²) in [6, 6.07) is 10.9. The molecule has 122 valence electrons. The fourth-order valence-electron chi connectivity index (χ4n) is 2.05. The molecule has 0 fully saturated rings. The van der Waals surface area contributed by atoms with Crippen LogP contribution in [-0.4, -0.2) is 31.6 Å². The van der Waals surface area contributed by atoms with E-state index in [4.69, 9.17) is 4.74 Å². The highest BCUT2D eigenvalue weighted by Crippen LogP contribution is 2.11. The van der Waals surface area contributed by atoms with E-state index in [1.165, 1.54) is 11.6 Å². The first-order chi connectivity index (χ1) is 11.2. The van der Waals surface area contributed by atoms with Gasteiger partial charge in [0.25, 0.3) is 0 Å². The quantitative estimate of drug-likeness (QED) is 0.633. The molecule has 23 heavy (non-hydrogen) atoms. The number of halogens is 1. The zero-order valence-electron chi connectivity index (χ0n) is 13.3. The van der Waals surface area contributed by atoms with E-state index in [1.54, 1.807) is 26.4 Å². The highest BCUT2D eigenvalue weighted by Gasteiger charge is 2.04. The molecule has 0 atom stereocenters. The Morgan fingerprint density at radius 2 is 2.00 bits per heavy atom. The van der Waals surface area contributed by atoms with Gasteiger partial charge in [-0.2, -0.15) is 0 Å². The number of aliphatic imine (C=N–C) groups is 1. The van der Waals surface area contributed by atoms with Gasteiger partial charge in [-0.3, -0.25) is 9.98 Å². The van der Waals surface area contributed by atoms with Crippen LogP contribution in [-0.2, 0) is 13.0 Å². The zero-order chi connectivity index (χ0) is 16.5. The Bertz CT molecular complexity index is 643. The number of aromatic nitrogens is 1. The predicted molar refractivity (Wildman–Crippen MR) is 89.1 cm³/mol. The van der Waals surface area contributed by atoms with Gasteiger partial charge in [0.1, 0.15) is 11.6 Å². The number of hydrogen-bond donors (Lipinski definition) is 2. The zero-order valence-corrected chi connectivity index (χ0v) is 13.3. The van der Waals surface area contributed by atoms with Gasteiger partial charge in [-0.25, -0.2) is 4.39 Å². The van der Waals surface area contributed by atoms with Gasteiger partial charge in [-0.15, -0.1) is 0 Å². The maximum atomic E-state index is 13.5. The van der Waals surface area contributed by atoms with Gasteiger partial charge in [0.2, 0.25) is 0 Å². The molecule has 2 rings (SSSR count). The maximum Gasteiger partial charge on any atom is 0.191 e. The Morgan fingerprint density at radius 1 is 1.22 bits per heavy atom. The standard InChI is InChI=1S/C17H21FN4O/c1-19-17(22-12-16-15(18)4-3-10-20-16)21-11-9-13-5-7-14(23-2)8-6-13/h3-8,10H,9,11-12H2,1-2H3,(H2,19,21,22). The Hall–Kier alpha value is -2.63. The van der Waals surface area contributed by atoms with Gasteiger partial charge in [0.05, 0.1) is 19.3 Å². The van der Waals surface area contributed by atoms with Gasteiger partial charge in [-0.05, 0) is 36.2 Å². The molecule has 5 nitrogen and oxygen atoms in total. The van der Waals surface area contributed by atoms with Crippen molar-refractivity contribution >= 4 is 5.96 Å². The van der Waals surface area contributed by atoms with E-state index in [1.807, 2.05) is 24.3 Å². The number of hydrogen-bond acceptors (Lipinski definition) is 3. The smallest absolute Gasteiger partial charge is 0.191 e. The lowest BCUT2D eigenvalue weighted by Crippen LogP contribution is -2.38. The molecule has 0 bridgehead atoms. The fourth-order valence-corrected chi connectivity index (χ4v) is 2.05. The topological polar surface area (TPSA) is 58.5 Å². The minimum atomic E-state index is -0.325. The first-order valence-electron chi connectivity index (χ1n) is 7.39. The Labute approximate surface area is 135 Å². The molecule has 1 heterocycles. The summed E-state index contributed by atoms with van der Waals surface area (Å²) < 4.78 is 18.6. The average molecular weight is 316 g/mol. The SMILES string of the molecule is CN=C(NCCc1ccc(OC)cc1)NCc1ncccc1F. The number of rotatable bonds is 6. The summed E-state index contributed by atoms with van der Waals surface area (Å²) in [4.78, 5) is 8.11. The normalized spacial score (nSPS) is 11.2. The van der Waals surface area contributed by atoms with Crippen molar-refractivity contribution in [3.8, 4) is 5.75 Å². The van der Waals surface area contributed by atoms with E-state index in [0.717, 1.165) is 18.7 Å². The van der Waals surface area contributed by atoms with Crippen LogP contribution < -0.4 is 15.4 Å². The molecule has 0 spiro atoms. The number of nitrogens with zero attached hydrogens (tertiary/aromatic N) is 2. The van der Waals surface area contributed by atoms with Gasteiger partial charge in [0, 0.05) is 19.8 Å². The van der Waals surface area contributed by atoms with Crippen molar-refractivity contribution in [2.45, 2.75) is 13.0 Å². The van der Waals surface area contributed by atoms with Crippen LogP contribution in [0.15, 0.2) is 47.6 Å². The monoisotopic (exact) mass is 316 g/mol. The average Bonchev–Trinajstić information content (AvgIpc) is 2.59. The van der Waals surface area contributed by atoms with E-state index < -0.39 is 0 Å². The lowest BCUT2D eigenvalue weighted by molar-refractivity contribution is 0.414. The number of pyridine rings is 1. The molecule has 2 N–H and O–H groups in total. The summed E-state index contributed by atoms with van der Waals surface area (Å²) in [5, 5.41) is 6.24. The van der Waals surface area contributed by atoms with Crippen molar-refractivity contribution in [3.05, 3.63) is 59.7 Å². The third-order valence-corrected chi connectivity index (χ3v) is 3.35. The van der Waals surface area contributed by atoms with Crippen molar-refractivity contribution < 1.29 is 9.13 Å². The Morgan fingerprint density at radius 3 is 2.65 bits per heavy atom. The molecule has 2 aromatic rings. The van der Waals surface area contributed by atoms with E-state index >= 15 is 0 Å². The lowest BCUT2D eigenvalue weighted by Gasteiger charge is -2.12. The molecule has 0 saturated heterocycles. The molecule has 1 aromatic carbocycles. The molecule has 0 aliphatic carbocycles. The van der Waals surface area contributed by atoms with Crippen LogP contribution in [0.2, 0.25) is 0 Å². The van der Waals surface area contributed by atoms with Crippen LogP contribution >= 0.6 is 0 Å². The van der Waals surface area contributed by atoms with Gasteiger partial charge in [0.15, 0.2) is 5.96 Å². The number of ether oxygens (including phenoxy) is 1. The van der Waals surface area contributed by atoms with Crippen molar-refractivity contribution in [3.63, 3.8) is 0 Å². The summed E-state index contributed by atoms with van der Waals surface area (Å²) in [6.45, 7) is 1.01. The first kappa shape index (κ1) is 16.7. The molecular formula is C17H21FN4O. The third-order valence-electron chi connectivity index (χ3n) is 3.35. The molecule has 6 heteroatoms. The minimum Gasteiger partial charge on any atom is -0.497 e. The number of benzene rings is 1. The summed E-state index contributed by atoms with van der Waals surface area (Å²) >= 11 is 0. The van der Waals surface area contributed by atoms with E-state index in [0.29, 0.717) is 11.7 Å². The molecule has 0 saturated carbocycles. The van der Waals surface area contributed by atoms with E-state index in [2.05, 4.69) is 20.6 Å². The molecule has 1 aromatic heterocycles. The van der Waals surface area contributed by atoms with Crippen LogP contribution in [0.1, 0.15) is 11.3 Å². The van der Waals surface area contributed by atoms with E-state index in [9.17, 15) is 4.39 Å². The third kappa shape index (κ3) is 5.25. The van der Waals surface area contributed by atoms with Crippen molar-refractivity contribution in [2.75, 3.05) is 20.7 Å². The molecule has 0 aliphatic rings. The molecule has 0 amide bonds. The minimum absolute atomic E-state index is 0.287. The van der Waals surface area contributed by atoms with Crippen molar-refractivity contribution in [2.24, 2.45) is 4.99 Å². The van der Waals surface area contributed by atoms with Crippen LogP contribution in [0.4, 0.5) is 4.39 Å². The molecular weight excluding hydrogens is 295 g/mol. The fraction of sp³-hybridized carbons (Fsp3) is 0.294. The van der Waals surface area contributed by atoms with E-state index in [-0.39, 0.29) is 12.4 Å². The van der Waals surface area contributed by atoms with Crippen molar-refractivity contribution in [1.29, 1.82) is 0 Å². The summed E-state index contributed by atoms with van der Waals surface area (Å²) in [5.74, 6) is 1.13. The molecule has 0 radical (unpaired) electrons. The molecule has 0 unspecified atom stereocenters. The summed E-state index contributed by atoms with van der Waals surface area (Å²) in [7, 11) is 3.33. The highest BCUT2D eigenvalue weighted by atomic mass is 19.1. The number of nitrogens with one attached hydrogen (secondary N) is 2. The second kappa shape index (κ2) is 8.73. The number of methoxy groups -OCH3 is 1.